The van der Waals surface area contributed by atoms with Gasteiger partial charge in [0.25, 0.3) is 0 Å². The van der Waals surface area contributed by atoms with E-state index in [0.29, 0.717) is 18.7 Å². The SMILES string of the molecule is COC(C)CCC(=O)Nc1cnccn1. The minimum absolute atomic E-state index is 0.0700. The van der Waals surface area contributed by atoms with Crippen LogP contribution in [0.2, 0.25) is 0 Å². The molecule has 0 saturated heterocycles. The summed E-state index contributed by atoms with van der Waals surface area (Å²) in [6.07, 6.45) is 5.82. The number of carbonyl (C=O) groups excluding carboxylic acids is 1. The molecule has 82 valence electrons. The summed E-state index contributed by atoms with van der Waals surface area (Å²) < 4.78 is 5.04. The number of hydrogen-bond acceptors (Lipinski definition) is 4. The third-order valence-electron chi connectivity index (χ3n) is 2.01. The summed E-state index contributed by atoms with van der Waals surface area (Å²) in [4.78, 5) is 19.2. The Morgan fingerprint density at radius 1 is 1.60 bits per heavy atom. The smallest absolute Gasteiger partial charge is 0.225 e. The molecule has 1 aromatic rings. The number of anilines is 1. The molecule has 1 unspecified atom stereocenters. The highest BCUT2D eigenvalue weighted by atomic mass is 16.5. The molecule has 1 rings (SSSR count). The van der Waals surface area contributed by atoms with Crippen molar-refractivity contribution >= 4 is 11.7 Å². The lowest BCUT2D eigenvalue weighted by Crippen LogP contribution is -2.15. The van der Waals surface area contributed by atoms with Crippen molar-refractivity contribution < 1.29 is 9.53 Å². The maximum absolute atomic E-state index is 11.4. The Morgan fingerprint density at radius 2 is 2.40 bits per heavy atom. The van der Waals surface area contributed by atoms with Crippen LogP contribution >= 0.6 is 0 Å². The van der Waals surface area contributed by atoms with Crippen LogP contribution in [0.25, 0.3) is 0 Å². The van der Waals surface area contributed by atoms with E-state index in [9.17, 15) is 4.79 Å². The fraction of sp³-hybridized carbons (Fsp3) is 0.500. The van der Waals surface area contributed by atoms with E-state index in [1.807, 2.05) is 6.92 Å². The van der Waals surface area contributed by atoms with Gasteiger partial charge in [-0.1, -0.05) is 0 Å². The first-order chi connectivity index (χ1) is 7.22. The fourth-order valence-corrected chi connectivity index (χ4v) is 1.02. The Morgan fingerprint density at radius 3 is 3.00 bits per heavy atom. The van der Waals surface area contributed by atoms with Crippen molar-refractivity contribution in [2.24, 2.45) is 0 Å². The minimum atomic E-state index is -0.0700. The lowest BCUT2D eigenvalue weighted by Gasteiger charge is -2.08. The topological polar surface area (TPSA) is 64.1 Å². The Balaban J connectivity index is 2.31. The van der Waals surface area contributed by atoms with E-state index < -0.39 is 0 Å². The molecule has 0 aliphatic rings. The summed E-state index contributed by atoms with van der Waals surface area (Å²) in [7, 11) is 1.63. The molecular weight excluding hydrogens is 194 g/mol. The van der Waals surface area contributed by atoms with Gasteiger partial charge >= 0.3 is 0 Å². The number of methoxy groups -OCH3 is 1. The van der Waals surface area contributed by atoms with Gasteiger partial charge in [0.15, 0.2) is 5.82 Å². The van der Waals surface area contributed by atoms with Crippen molar-refractivity contribution in [2.45, 2.75) is 25.9 Å². The van der Waals surface area contributed by atoms with Gasteiger partial charge in [-0.25, -0.2) is 4.98 Å². The van der Waals surface area contributed by atoms with E-state index in [2.05, 4.69) is 15.3 Å². The first kappa shape index (κ1) is 11.6. The Hall–Kier alpha value is -1.49. The zero-order valence-corrected chi connectivity index (χ0v) is 8.93. The summed E-state index contributed by atoms with van der Waals surface area (Å²) in [6, 6.07) is 0. The number of carbonyl (C=O) groups is 1. The molecule has 1 amide bonds. The molecule has 0 radical (unpaired) electrons. The van der Waals surface area contributed by atoms with Crippen molar-refractivity contribution in [3.05, 3.63) is 18.6 Å². The number of ether oxygens (including phenoxy) is 1. The zero-order valence-electron chi connectivity index (χ0n) is 8.93. The molecule has 0 spiro atoms. The summed E-state index contributed by atoms with van der Waals surface area (Å²) in [5, 5.41) is 2.65. The van der Waals surface area contributed by atoms with Crippen molar-refractivity contribution in [1.29, 1.82) is 0 Å². The van der Waals surface area contributed by atoms with Crippen LogP contribution in [-0.2, 0) is 9.53 Å². The number of rotatable bonds is 5. The molecule has 1 aromatic heterocycles. The molecule has 0 aromatic carbocycles. The van der Waals surface area contributed by atoms with Gasteiger partial charge in [0.1, 0.15) is 0 Å². The van der Waals surface area contributed by atoms with Crippen molar-refractivity contribution in [3.8, 4) is 0 Å². The van der Waals surface area contributed by atoms with E-state index in [0.717, 1.165) is 0 Å². The highest BCUT2D eigenvalue weighted by Gasteiger charge is 2.06. The van der Waals surface area contributed by atoms with Gasteiger partial charge in [-0.3, -0.25) is 9.78 Å². The number of hydrogen-bond donors (Lipinski definition) is 1. The molecule has 15 heavy (non-hydrogen) atoms. The van der Waals surface area contributed by atoms with Crippen LogP contribution in [0.1, 0.15) is 19.8 Å². The summed E-state index contributed by atoms with van der Waals surface area (Å²) in [5.74, 6) is 0.409. The molecule has 1 N–H and O–H groups in total. The van der Waals surface area contributed by atoms with Crippen LogP contribution < -0.4 is 5.32 Å². The molecule has 0 bridgehead atoms. The molecule has 0 saturated carbocycles. The van der Waals surface area contributed by atoms with Crippen LogP contribution in [0.15, 0.2) is 18.6 Å². The number of nitrogens with zero attached hydrogens (tertiary/aromatic N) is 2. The maximum atomic E-state index is 11.4. The largest absolute Gasteiger partial charge is 0.382 e. The third kappa shape index (κ3) is 4.51. The van der Waals surface area contributed by atoms with E-state index in [1.165, 1.54) is 12.4 Å². The first-order valence-corrected chi connectivity index (χ1v) is 4.81. The second-order valence-corrected chi connectivity index (χ2v) is 3.22. The first-order valence-electron chi connectivity index (χ1n) is 4.81. The molecule has 0 aliphatic heterocycles. The molecule has 1 atom stereocenters. The van der Waals surface area contributed by atoms with Gasteiger partial charge in [0.2, 0.25) is 5.91 Å². The Bertz CT molecular complexity index is 303. The number of nitrogens with one attached hydrogen (secondary N) is 1. The Labute approximate surface area is 88.9 Å². The molecule has 5 nitrogen and oxygen atoms in total. The lowest BCUT2D eigenvalue weighted by molar-refractivity contribution is -0.116. The fourth-order valence-electron chi connectivity index (χ4n) is 1.02. The molecular formula is C10H15N3O2. The Kier molecular flexibility index (Phi) is 4.70. The van der Waals surface area contributed by atoms with Gasteiger partial charge in [0.05, 0.1) is 12.3 Å². The summed E-state index contributed by atoms with van der Waals surface area (Å²) in [6.45, 7) is 1.93. The van der Waals surface area contributed by atoms with Crippen molar-refractivity contribution in [1.82, 2.24) is 9.97 Å². The predicted octanol–water partition coefficient (Wildman–Crippen LogP) is 1.23. The highest BCUT2D eigenvalue weighted by Crippen LogP contribution is 2.03. The van der Waals surface area contributed by atoms with Crippen LogP contribution in [-0.4, -0.2) is 29.1 Å². The van der Waals surface area contributed by atoms with E-state index in [-0.39, 0.29) is 12.0 Å². The van der Waals surface area contributed by atoms with Gasteiger partial charge in [0, 0.05) is 25.9 Å². The summed E-state index contributed by atoms with van der Waals surface area (Å²) >= 11 is 0. The highest BCUT2D eigenvalue weighted by molar-refractivity contribution is 5.89. The predicted molar refractivity (Wildman–Crippen MR) is 56.4 cm³/mol. The van der Waals surface area contributed by atoms with E-state index >= 15 is 0 Å². The monoisotopic (exact) mass is 209 g/mol. The van der Waals surface area contributed by atoms with E-state index in [4.69, 9.17) is 4.74 Å². The second-order valence-electron chi connectivity index (χ2n) is 3.22. The maximum Gasteiger partial charge on any atom is 0.225 e. The normalized spacial score (nSPS) is 12.1. The van der Waals surface area contributed by atoms with Crippen LogP contribution in [0.5, 0.6) is 0 Å². The quantitative estimate of drug-likeness (QED) is 0.792. The lowest BCUT2D eigenvalue weighted by atomic mass is 10.2. The molecule has 5 heteroatoms. The zero-order chi connectivity index (χ0) is 11.1. The van der Waals surface area contributed by atoms with Gasteiger partial charge in [-0.2, -0.15) is 0 Å². The van der Waals surface area contributed by atoms with Crippen LogP contribution in [0.4, 0.5) is 5.82 Å². The van der Waals surface area contributed by atoms with Crippen molar-refractivity contribution in [2.75, 3.05) is 12.4 Å². The average Bonchev–Trinajstić information content (AvgIpc) is 2.27. The minimum Gasteiger partial charge on any atom is -0.382 e. The van der Waals surface area contributed by atoms with Gasteiger partial charge in [-0.15, -0.1) is 0 Å². The van der Waals surface area contributed by atoms with Gasteiger partial charge in [-0.05, 0) is 13.3 Å². The molecule has 0 fully saturated rings. The third-order valence-corrected chi connectivity index (χ3v) is 2.01. The summed E-state index contributed by atoms with van der Waals surface area (Å²) in [5.41, 5.74) is 0. The molecule has 1 heterocycles. The van der Waals surface area contributed by atoms with Crippen LogP contribution in [0, 0.1) is 0 Å². The average molecular weight is 209 g/mol. The van der Waals surface area contributed by atoms with Gasteiger partial charge < -0.3 is 10.1 Å². The van der Waals surface area contributed by atoms with Crippen LogP contribution in [0.3, 0.4) is 0 Å². The molecule has 0 aliphatic carbocycles. The number of amides is 1. The standard InChI is InChI=1S/C10H15N3O2/c1-8(15-2)3-4-10(14)13-9-7-11-5-6-12-9/h5-8H,3-4H2,1-2H3,(H,12,13,14). The second kappa shape index (κ2) is 6.08. The van der Waals surface area contributed by atoms with E-state index in [1.54, 1.807) is 13.3 Å². The number of aromatic nitrogens is 2. The van der Waals surface area contributed by atoms with Crippen molar-refractivity contribution in [3.63, 3.8) is 0 Å².